The molecule has 1 N–H and O–H groups in total. The zero-order valence-corrected chi connectivity index (χ0v) is 20.9. The summed E-state index contributed by atoms with van der Waals surface area (Å²) < 4.78 is 20.4. The van der Waals surface area contributed by atoms with Crippen molar-refractivity contribution in [2.24, 2.45) is 0 Å². The molecule has 0 atom stereocenters. The van der Waals surface area contributed by atoms with Crippen molar-refractivity contribution >= 4 is 55.2 Å². The summed E-state index contributed by atoms with van der Waals surface area (Å²) in [5, 5.41) is 16.1. The first-order chi connectivity index (χ1) is 15.2. The monoisotopic (exact) mass is 583 g/mol. The van der Waals surface area contributed by atoms with Crippen molar-refractivity contribution in [3.63, 3.8) is 0 Å². The molecular weight excluding hydrogens is 569 g/mol. The number of carbonyl (C=O) groups excluding carboxylic acids is 1. The summed E-state index contributed by atoms with van der Waals surface area (Å²) in [5.41, 5.74) is 2.39. The van der Waals surface area contributed by atoms with Crippen molar-refractivity contribution < 1.29 is 9.18 Å². The van der Waals surface area contributed by atoms with E-state index >= 15 is 0 Å². The largest absolute Gasteiger partial charge is 0.303 e. The summed E-state index contributed by atoms with van der Waals surface area (Å²) >= 11 is 13.0. The van der Waals surface area contributed by atoms with Crippen LogP contribution >= 0.6 is 43.5 Å². The molecule has 0 fully saturated rings. The number of hydrogen-bond donors (Lipinski definition) is 1. The van der Waals surface area contributed by atoms with Gasteiger partial charge in [0, 0.05) is 23.0 Å². The smallest absolute Gasteiger partial charge is 0.277 e. The van der Waals surface area contributed by atoms with Crippen LogP contribution in [-0.4, -0.2) is 35.2 Å². The topological polar surface area (TPSA) is 82.6 Å². The van der Waals surface area contributed by atoms with Crippen molar-refractivity contribution in [1.29, 1.82) is 0 Å². The van der Waals surface area contributed by atoms with Crippen molar-refractivity contribution in [1.82, 2.24) is 29.3 Å². The second-order valence-electron chi connectivity index (χ2n) is 7.04. The lowest BCUT2D eigenvalue weighted by atomic mass is 10.2. The molecule has 12 heteroatoms. The third-order valence-electron chi connectivity index (χ3n) is 4.78. The van der Waals surface area contributed by atoms with E-state index in [0.29, 0.717) is 27.5 Å². The number of nitrogens with zero attached hydrogens (tertiary/aromatic N) is 6. The molecule has 0 spiro atoms. The highest BCUT2D eigenvalue weighted by Crippen LogP contribution is 2.24. The number of carbonyl (C=O) groups is 1. The predicted octanol–water partition coefficient (Wildman–Crippen LogP) is 5.02. The molecular formula is C20H17Br2ClFN7O. The van der Waals surface area contributed by atoms with Crippen LogP contribution in [0.25, 0.3) is 0 Å². The van der Waals surface area contributed by atoms with Crippen LogP contribution < -0.4 is 5.32 Å². The molecule has 0 bridgehead atoms. The van der Waals surface area contributed by atoms with Gasteiger partial charge in [0.2, 0.25) is 0 Å². The predicted molar refractivity (Wildman–Crippen MR) is 125 cm³/mol. The van der Waals surface area contributed by atoms with Gasteiger partial charge in [0.1, 0.15) is 12.5 Å². The third-order valence-corrected chi connectivity index (χ3v) is 6.86. The summed E-state index contributed by atoms with van der Waals surface area (Å²) in [6, 6.07) is 6.10. The average Bonchev–Trinajstić information content (AvgIpc) is 3.41. The molecule has 0 unspecified atom stereocenters. The molecule has 1 amide bonds. The summed E-state index contributed by atoms with van der Waals surface area (Å²) in [7, 11) is 0. The maximum Gasteiger partial charge on any atom is 0.277 e. The normalized spacial score (nSPS) is 11.2. The fraction of sp³-hybridized carbons (Fsp3) is 0.200. The number of hydrogen-bond acceptors (Lipinski definition) is 4. The van der Waals surface area contributed by atoms with Crippen LogP contribution in [0.5, 0.6) is 0 Å². The molecule has 4 aromatic rings. The Hall–Kier alpha value is -2.50. The molecule has 0 radical (unpaired) electrons. The second kappa shape index (κ2) is 9.16. The Morgan fingerprint density at radius 2 is 1.94 bits per heavy atom. The SMILES string of the molecule is Cc1nn(Cn2ccc(C(=O)Nc3nn(Cc4c(F)cccc4Cl)cc3Br)n2)c(C)c1Br. The van der Waals surface area contributed by atoms with Crippen LogP contribution in [0.2, 0.25) is 5.02 Å². The minimum absolute atomic E-state index is 0.118. The molecule has 0 aliphatic heterocycles. The van der Waals surface area contributed by atoms with Gasteiger partial charge in [0.05, 0.1) is 26.9 Å². The number of amides is 1. The minimum atomic E-state index is -0.423. The molecule has 4 rings (SSSR count). The highest BCUT2D eigenvalue weighted by molar-refractivity contribution is 9.11. The van der Waals surface area contributed by atoms with Gasteiger partial charge in [0.15, 0.2) is 11.5 Å². The van der Waals surface area contributed by atoms with Crippen molar-refractivity contribution in [2.75, 3.05) is 5.32 Å². The maximum absolute atomic E-state index is 14.1. The van der Waals surface area contributed by atoms with Gasteiger partial charge in [-0.2, -0.15) is 15.3 Å². The highest BCUT2D eigenvalue weighted by atomic mass is 79.9. The zero-order valence-electron chi connectivity index (χ0n) is 17.0. The van der Waals surface area contributed by atoms with Gasteiger partial charge in [-0.3, -0.25) is 14.2 Å². The summed E-state index contributed by atoms with van der Waals surface area (Å²) in [5.74, 6) is -0.553. The lowest BCUT2D eigenvalue weighted by molar-refractivity contribution is 0.102. The van der Waals surface area contributed by atoms with Crippen LogP contribution in [0.3, 0.4) is 0 Å². The van der Waals surface area contributed by atoms with E-state index in [2.05, 4.69) is 52.5 Å². The van der Waals surface area contributed by atoms with Crippen molar-refractivity contribution in [2.45, 2.75) is 27.1 Å². The summed E-state index contributed by atoms with van der Waals surface area (Å²) in [4.78, 5) is 12.7. The molecule has 166 valence electrons. The lowest BCUT2D eigenvalue weighted by Gasteiger charge is -2.06. The molecule has 0 saturated carbocycles. The molecule has 1 aromatic carbocycles. The second-order valence-corrected chi connectivity index (χ2v) is 9.10. The minimum Gasteiger partial charge on any atom is -0.303 e. The Labute approximate surface area is 204 Å². The summed E-state index contributed by atoms with van der Waals surface area (Å²) in [6.45, 7) is 4.34. The third kappa shape index (κ3) is 4.64. The Morgan fingerprint density at radius 1 is 1.16 bits per heavy atom. The molecule has 3 heterocycles. The Kier molecular flexibility index (Phi) is 6.50. The number of rotatable bonds is 6. The van der Waals surface area contributed by atoms with Gasteiger partial charge >= 0.3 is 0 Å². The van der Waals surface area contributed by atoms with Crippen molar-refractivity contribution in [3.05, 3.63) is 79.1 Å². The van der Waals surface area contributed by atoms with Crippen LogP contribution in [0.1, 0.15) is 27.4 Å². The maximum atomic E-state index is 14.1. The Morgan fingerprint density at radius 3 is 2.62 bits per heavy atom. The van der Waals surface area contributed by atoms with Gasteiger partial charge in [-0.05, 0) is 63.9 Å². The fourth-order valence-electron chi connectivity index (χ4n) is 3.09. The van der Waals surface area contributed by atoms with E-state index in [9.17, 15) is 9.18 Å². The molecule has 0 aliphatic rings. The Balaban J connectivity index is 1.46. The van der Waals surface area contributed by atoms with Crippen LogP contribution in [-0.2, 0) is 13.2 Å². The molecule has 0 saturated heterocycles. The first kappa shape index (κ1) is 22.7. The number of nitrogens with one attached hydrogen (secondary N) is 1. The van der Waals surface area contributed by atoms with E-state index in [1.165, 1.54) is 10.7 Å². The van der Waals surface area contributed by atoms with E-state index in [1.54, 1.807) is 40.0 Å². The fourth-order valence-corrected chi connectivity index (χ4v) is 4.01. The van der Waals surface area contributed by atoms with Crippen LogP contribution in [0.4, 0.5) is 10.2 Å². The lowest BCUT2D eigenvalue weighted by Crippen LogP contribution is -2.16. The van der Waals surface area contributed by atoms with Gasteiger partial charge < -0.3 is 5.32 Å². The first-order valence-corrected chi connectivity index (χ1v) is 11.4. The number of benzene rings is 1. The van der Waals surface area contributed by atoms with Gasteiger partial charge in [-0.25, -0.2) is 9.07 Å². The van der Waals surface area contributed by atoms with Gasteiger partial charge in [0.25, 0.3) is 5.91 Å². The van der Waals surface area contributed by atoms with Crippen LogP contribution in [0.15, 0.2) is 45.6 Å². The number of aryl methyl sites for hydroxylation is 1. The first-order valence-electron chi connectivity index (χ1n) is 9.43. The van der Waals surface area contributed by atoms with Gasteiger partial charge in [-0.1, -0.05) is 17.7 Å². The highest BCUT2D eigenvalue weighted by Gasteiger charge is 2.17. The molecule has 0 aliphatic carbocycles. The van der Waals surface area contributed by atoms with E-state index in [4.69, 9.17) is 11.6 Å². The number of halogens is 4. The molecule has 8 nitrogen and oxygen atoms in total. The van der Waals surface area contributed by atoms with E-state index < -0.39 is 11.7 Å². The Bertz CT molecular complexity index is 1290. The number of aromatic nitrogens is 6. The quantitative estimate of drug-likeness (QED) is 0.345. The standard InChI is InChI=1S/C20H17Br2ClFN7O/c1-11-18(22)12(2)31(26-11)10-29-7-6-17(27-29)20(32)25-19-14(21)9-30(28-19)8-13-15(23)4-3-5-16(13)24/h3-7,9H,8,10H2,1-2H3,(H,25,28,32). The molecule has 3 aromatic heterocycles. The van der Waals surface area contributed by atoms with E-state index in [1.807, 2.05) is 13.8 Å². The van der Waals surface area contributed by atoms with Gasteiger partial charge in [-0.15, -0.1) is 0 Å². The molecule has 32 heavy (non-hydrogen) atoms. The number of anilines is 1. The average molecular weight is 586 g/mol. The van der Waals surface area contributed by atoms with E-state index in [-0.39, 0.29) is 12.2 Å². The van der Waals surface area contributed by atoms with Crippen LogP contribution in [0, 0.1) is 19.7 Å². The van der Waals surface area contributed by atoms with Crippen molar-refractivity contribution in [3.8, 4) is 0 Å². The zero-order chi connectivity index (χ0) is 23.0. The van der Waals surface area contributed by atoms with E-state index in [0.717, 1.165) is 15.9 Å². The summed E-state index contributed by atoms with van der Waals surface area (Å²) in [6.07, 6.45) is 3.34.